The average Bonchev–Trinajstić information content (AvgIpc) is 3.19. The molecule has 4 rings (SSSR count). The molecule has 1 amide bonds. The number of amides is 1. The quantitative estimate of drug-likeness (QED) is 0.592. The number of carbonyl (C=O) groups is 1. The van der Waals surface area contributed by atoms with E-state index in [1.54, 1.807) is 4.68 Å². The number of hydrogen-bond donors (Lipinski definition) is 1. The molecule has 0 spiro atoms. The van der Waals surface area contributed by atoms with Crippen molar-refractivity contribution in [3.8, 4) is 16.9 Å². The van der Waals surface area contributed by atoms with Gasteiger partial charge in [0.05, 0.1) is 5.69 Å². The fourth-order valence-electron chi connectivity index (χ4n) is 2.90. The fourth-order valence-corrected chi connectivity index (χ4v) is 2.90. The molecule has 0 aliphatic rings. The molecule has 0 unspecified atom stereocenters. The number of hydrogen-bond acceptors (Lipinski definition) is 3. The molecule has 0 saturated carbocycles. The molecule has 5 heteroatoms. The van der Waals surface area contributed by atoms with Crippen LogP contribution >= 0.6 is 0 Å². The van der Waals surface area contributed by atoms with Gasteiger partial charge in [-0.3, -0.25) is 4.79 Å². The lowest BCUT2D eigenvalue weighted by molar-refractivity contribution is 0.0946. The van der Waals surface area contributed by atoms with Gasteiger partial charge in [-0.1, -0.05) is 84.1 Å². The fraction of sp³-hybridized carbons (Fsp3) is 0.0455. The zero-order valence-corrected chi connectivity index (χ0v) is 14.6. The number of nitrogens with zero attached hydrogens (tertiary/aromatic N) is 3. The van der Waals surface area contributed by atoms with Gasteiger partial charge >= 0.3 is 0 Å². The van der Waals surface area contributed by atoms with Crippen LogP contribution in [0, 0.1) is 0 Å². The third-order valence-corrected chi connectivity index (χ3v) is 4.23. The molecule has 0 fully saturated rings. The van der Waals surface area contributed by atoms with E-state index in [0.29, 0.717) is 17.9 Å². The largest absolute Gasteiger partial charge is 0.346 e. The van der Waals surface area contributed by atoms with Gasteiger partial charge in [-0.2, -0.15) is 0 Å². The van der Waals surface area contributed by atoms with Gasteiger partial charge in [0, 0.05) is 12.1 Å². The minimum atomic E-state index is -0.250. The Kier molecular flexibility index (Phi) is 4.74. The molecule has 0 radical (unpaired) electrons. The van der Waals surface area contributed by atoms with Gasteiger partial charge in [0.1, 0.15) is 5.69 Å². The maximum Gasteiger partial charge on any atom is 0.274 e. The van der Waals surface area contributed by atoms with Crippen LogP contribution in [0.4, 0.5) is 0 Å². The number of nitrogens with one attached hydrogen (secondary N) is 1. The highest BCUT2D eigenvalue weighted by atomic mass is 16.2. The summed E-state index contributed by atoms with van der Waals surface area (Å²) < 4.78 is 1.70. The van der Waals surface area contributed by atoms with Crippen molar-refractivity contribution in [1.82, 2.24) is 20.3 Å². The van der Waals surface area contributed by atoms with Crippen LogP contribution in [0.2, 0.25) is 0 Å². The van der Waals surface area contributed by atoms with Crippen molar-refractivity contribution < 1.29 is 4.79 Å². The summed E-state index contributed by atoms with van der Waals surface area (Å²) in [5.41, 5.74) is 3.75. The minimum Gasteiger partial charge on any atom is -0.346 e. The van der Waals surface area contributed by atoms with E-state index in [1.165, 1.54) is 0 Å². The first-order valence-corrected chi connectivity index (χ1v) is 8.71. The van der Waals surface area contributed by atoms with E-state index in [2.05, 4.69) is 15.6 Å². The lowest BCUT2D eigenvalue weighted by Crippen LogP contribution is -2.24. The standard InChI is InChI=1S/C22H18N4O/c27-22(23-16-17-10-4-1-5-11-17)20-21(18-12-6-2-7-13-18)26(25-24-20)19-14-8-3-9-15-19/h1-15H,16H2,(H,23,27). The van der Waals surface area contributed by atoms with Crippen LogP contribution < -0.4 is 5.32 Å². The average molecular weight is 354 g/mol. The molecule has 132 valence electrons. The topological polar surface area (TPSA) is 59.8 Å². The summed E-state index contributed by atoms with van der Waals surface area (Å²) in [5, 5.41) is 11.4. The molecule has 27 heavy (non-hydrogen) atoms. The second kappa shape index (κ2) is 7.66. The molecular formula is C22H18N4O. The number of aromatic nitrogens is 3. The van der Waals surface area contributed by atoms with E-state index in [4.69, 9.17) is 0 Å². The van der Waals surface area contributed by atoms with E-state index in [-0.39, 0.29) is 5.91 Å². The SMILES string of the molecule is O=C(NCc1ccccc1)c1nnn(-c2ccccc2)c1-c1ccccc1. The highest BCUT2D eigenvalue weighted by molar-refractivity contribution is 5.98. The molecule has 1 aromatic heterocycles. The van der Waals surface area contributed by atoms with Crippen LogP contribution in [-0.2, 0) is 6.54 Å². The third-order valence-electron chi connectivity index (χ3n) is 4.23. The van der Waals surface area contributed by atoms with Gasteiger partial charge in [0.15, 0.2) is 5.69 Å². The maximum absolute atomic E-state index is 12.8. The Hall–Kier alpha value is -3.73. The molecule has 0 aliphatic heterocycles. The number of rotatable bonds is 5. The zero-order valence-electron chi connectivity index (χ0n) is 14.6. The molecule has 1 heterocycles. The normalized spacial score (nSPS) is 10.5. The van der Waals surface area contributed by atoms with Gasteiger partial charge in [0.2, 0.25) is 0 Å². The van der Waals surface area contributed by atoms with Crippen molar-refractivity contribution in [2.24, 2.45) is 0 Å². The van der Waals surface area contributed by atoms with Crippen LogP contribution in [0.5, 0.6) is 0 Å². The Morgan fingerprint density at radius 1 is 0.815 bits per heavy atom. The summed E-state index contributed by atoms with van der Waals surface area (Å²) in [6.07, 6.45) is 0. The van der Waals surface area contributed by atoms with Gasteiger partial charge in [-0.05, 0) is 17.7 Å². The molecule has 3 aromatic carbocycles. The van der Waals surface area contributed by atoms with Crippen molar-refractivity contribution in [2.75, 3.05) is 0 Å². The monoisotopic (exact) mass is 354 g/mol. The van der Waals surface area contributed by atoms with Crippen molar-refractivity contribution >= 4 is 5.91 Å². The zero-order chi connectivity index (χ0) is 18.5. The van der Waals surface area contributed by atoms with Crippen LogP contribution in [0.1, 0.15) is 16.1 Å². The third kappa shape index (κ3) is 3.62. The van der Waals surface area contributed by atoms with Crippen molar-refractivity contribution in [3.05, 3.63) is 102 Å². The molecule has 5 nitrogen and oxygen atoms in total. The van der Waals surface area contributed by atoms with Crippen LogP contribution in [0.15, 0.2) is 91.0 Å². The minimum absolute atomic E-state index is 0.250. The second-order valence-electron chi connectivity index (χ2n) is 6.07. The van der Waals surface area contributed by atoms with E-state index in [9.17, 15) is 4.79 Å². The second-order valence-corrected chi connectivity index (χ2v) is 6.07. The first-order valence-electron chi connectivity index (χ1n) is 8.71. The molecule has 0 atom stereocenters. The summed E-state index contributed by atoms with van der Waals surface area (Å²) in [6.45, 7) is 0.437. The summed E-state index contributed by atoms with van der Waals surface area (Å²) in [6, 6.07) is 29.2. The molecule has 1 N–H and O–H groups in total. The molecule has 4 aromatic rings. The smallest absolute Gasteiger partial charge is 0.274 e. The van der Waals surface area contributed by atoms with Crippen molar-refractivity contribution in [2.45, 2.75) is 6.54 Å². The predicted molar refractivity (Wildman–Crippen MR) is 104 cm³/mol. The van der Waals surface area contributed by atoms with E-state index >= 15 is 0 Å². The Balaban J connectivity index is 1.70. The summed E-state index contributed by atoms with van der Waals surface area (Å²) >= 11 is 0. The summed E-state index contributed by atoms with van der Waals surface area (Å²) in [5.74, 6) is -0.250. The molecular weight excluding hydrogens is 336 g/mol. The lowest BCUT2D eigenvalue weighted by atomic mass is 10.1. The number of para-hydroxylation sites is 1. The number of benzene rings is 3. The molecule has 0 saturated heterocycles. The summed E-state index contributed by atoms with van der Waals surface area (Å²) in [4.78, 5) is 12.8. The maximum atomic E-state index is 12.8. The highest BCUT2D eigenvalue weighted by Gasteiger charge is 2.21. The van der Waals surface area contributed by atoms with Gasteiger partial charge in [0.25, 0.3) is 5.91 Å². The molecule has 0 bridgehead atoms. The Bertz CT molecular complexity index is 1030. The summed E-state index contributed by atoms with van der Waals surface area (Å²) in [7, 11) is 0. The first kappa shape index (κ1) is 16.7. The van der Waals surface area contributed by atoms with Gasteiger partial charge in [-0.15, -0.1) is 5.10 Å². The van der Waals surface area contributed by atoms with E-state index in [0.717, 1.165) is 16.8 Å². The van der Waals surface area contributed by atoms with Gasteiger partial charge < -0.3 is 5.32 Å². The van der Waals surface area contributed by atoms with Crippen LogP contribution in [-0.4, -0.2) is 20.9 Å². The Morgan fingerprint density at radius 3 is 2.07 bits per heavy atom. The van der Waals surface area contributed by atoms with Gasteiger partial charge in [-0.25, -0.2) is 4.68 Å². The molecule has 0 aliphatic carbocycles. The Morgan fingerprint density at radius 2 is 1.41 bits per heavy atom. The van der Waals surface area contributed by atoms with Crippen LogP contribution in [0.3, 0.4) is 0 Å². The highest BCUT2D eigenvalue weighted by Crippen LogP contribution is 2.25. The van der Waals surface area contributed by atoms with Crippen molar-refractivity contribution in [3.63, 3.8) is 0 Å². The van der Waals surface area contributed by atoms with E-state index in [1.807, 2.05) is 91.0 Å². The van der Waals surface area contributed by atoms with Crippen LogP contribution in [0.25, 0.3) is 16.9 Å². The lowest BCUT2D eigenvalue weighted by Gasteiger charge is -2.09. The predicted octanol–water partition coefficient (Wildman–Crippen LogP) is 3.86. The Labute approximate surface area is 157 Å². The number of carbonyl (C=O) groups excluding carboxylic acids is 1. The first-order chi connectivity index (χ1) is 13.3. The van der Waals surface area contributed by atoms with E-state index < -0.39 is 0 Å². The van der Waals surface area contributed by atoms with Crippen molar-refractivity contribution in [1.29, 1.82) is 0 Å².